The fourth-order valence-electron chi connectivity index (χ4n) is 3.90. The van der Waals surface area contributed by atoms with Crippen molar-refractivity contribution in [2.75, 3.05) is 13.1 Å². The second-order valence-electron chi connectivity index (χ2n) is 7.67. The number of fused-ring (bicyclic) bond motifs is 1. The van der Waals surface area contributed by atoms with E-state index in [1.54, 1.807) is 6.20 Å². The average molecular weight is 386 g/mol. The smallest absolute Gasteiger partial charge is 0.255 e. The Hall–Kier alpha value is -3.05. The average Bonchev–Trinajstić information content (AvgIpc) is 2.74. The van der Waals surface area contributed by atoms with Crippen LogP contribution in [0.3, 0.4) is 0 Å². The minimum atomic E-state index is -0.131. The summed E-state index contributed by atoms with van der Waals surface area (Å²) >= 11 is 0. The van der Waals surface area contributed by atoms with E-state index in [1.807, 2.05) is 37.3 Å². The molecule has 4 rings (SSSR count). The standard InChI is InChI=1S/C24H26N4O/c1-17(15-28-13-12-19-8-6-7-11-21(19)16-28)26-24(29)22-14-25-18(2)27-23(22)20-9-4-3-5-10-20/h3-11,14,17H,12-13,15-16H2,1-2H3,(H,26,29)/t17-/m0/s1. The van der Waals surface area contributed by atoms with Crippen molar-refractivity contribution in [2.24, 2.45) is 0 Å². The summed E-state index contributed by atoms with van der Waals surface area (Å²) in [5.74, 6) is 0.522. The van der Waals surface area contributed by atoms with Crippen molar-refractivity contribution in [1.82, 2.24) is 20.2 Å². The highest BCUT2D eigenvalue weighted by Gasteiger charge is 2.21. The van der Waals surface area contributed by atoms with Gasteiger partial charge in [0.05, 0.1) is 11.3 Å². The molecule has 0 unspecified atom stereocenters. The highest BCUT2D eigenvalue weighted by Crippen LogP contribution is 2.21. The van der Waals surface area contributed by atoms with E-state index < -0.39 is 0 Å². The fourth-order valence-corrected chi connectivity index (χ4v) is 3.90. The fraction of sp³-hybridized carbons (Fsp3) is 0.292. The molecular formula is C24H26N4O. The SMILES string of the molecule is Cc1ncc(C(=O)N[C@@H](C)CN2CCc3ccccc3C2)c(-c2ccccc2)n1. The van der Waals surface area contributed by atoms with Crippen LogP contribution in [-0.4, -0.2) is 39.9 Å². The largest absolute Gasteiger partial charge is 0.348 e. The van der Waals surface area contributed by atoms with Gasteiger partial charge in [-0.05, 0) is 31.4 Å². The Balaban J connectivity index is 1.45. The minimum absolute atomic E-state index is 0.0256. The van der Waals surface area contributed by atoms with Crippen molar-refractivity contribution in [1.29, 1.82) is 0 Å². The maximum absolute atomic E-state index is 13.0. The van der Waals surface area contributed by atoms with Crippen LogP contribution >= 0.6 is 0 Å². The molecule has 2 heterocycles. The molecule has 29 heavy (non-hydrogen) atoms. The Bertz CT molecular complexity index is 1000. The normalized spacial score (nSPS) is 14.8. The zero-order valence-corrected chi connectivity index (χ0v) is 16.9. The van der Waals surface area contributed by atoms with Gasteiger partial charge >= 0.3 is 0 Å². The molecule has 0 bridgehead atoms. The van der Waals surface area contributed by atoms with Gasteiger partial charge in [-0.25, -0.2) is 9.97 Å². The number of aromatic nitrogens is 2. The zero-order chi connectivity index (χ0) is 20.2. The number of hydrogen-bond donors (Lipinski definition) is 1. The summed E-state index contributed by atoms with van der Waals surface area (Å²) in [6, 6.07) is 18.4. The van der Waals surface area contributed by atoms with E-state index in [1.165, 1.54) is 11.1 Å². The minimum Gasteiger partial charge on any atom is -0.348 e. The molecule has 5 nitrogen and oxygen atoms in total. The Morgan fingerprint density at radius 1 is 1.10 bits per heavy atom. The second-order valence-corrected chi connectivity index (χ2v) is 7.67. The molecule has 0 aliphatic carbocycles. The monoisotopic (exact) mass is 386 g/mol. The number of carbonyl (C=O) groups excluding carboxylic acids is 1. The maximum atomic E-state index is 13.0. The molecule has 0 saturated carbocycles. The third kappa shape index (κ3) is 4.51. The Labute approximate surface area is 171 Å². The predicted octanol–water partition coefficient (Wildman–Crippen LogP) is 3.63. The first kappa shape index (κ1) is 19.3. The molecular weight excluding hydrogens is 360 g/mol. The zero-order valence-electron chi connectivity index (χ0n) is 16.9. The van der Waals surface area contributed by atoms with Crippen LogP contribution in [0.4, 0.5) is 0 Å². The summed E-state index contributed by atoms with van der Waals surface area (Å²) in [5, 5.41) is 3.14. The number of hydrogen-bond acceptors (Lipinski definition) is 4. The molecule has 0 fully saturated rings. The number of nitrogens with zero attached hydrogens (tertiary/aromatic N) is 3. The summed E-state index contributed by atoms with van der Waals surface area (Å²) in [5.41, 5.74) is 4.93. The van der Waals surface area contributed by atoms with Crippen LogP contribution in [-0.2, 0) is 13.0 Å². The first-order valence-electron chi connectivity index (χ1n) is 10.1. The number of benzene rings is 2. The topological polar surface area (TPSA) is 58.1 Å². The summed E-state index contributed by atoms with van der Waals surface area (Å²) in [7, 11) is 0. The molecule has 3 aromatic rings. The molecule has 1 N–H and O–H groups in total. The van der Waals surface area contributed by atoms with Crippen LogP contribution in [0, 0.1) is 6.92 Å². The maximum Gasteiger partial charge on any atom is 0.255 e. The highest BCUT2D eigenvalue weighted by molar-refractivity contribution is 5.99. The number of carbonyl (C=O) groups is 1. The molecule has 1 amide bonds. The van der Waals surface area contributed by atoms with E-state index in [4.69, 9.17) is 0 Å². The van der Waals surface area contributed by atoms with Gasteiger partial charge in [0, 0.05) is 37.4 Å². The lowest BCUT2D eigenvalue weighted by atomic mass is 9.99. The lowest BCUT2D eigenvalue weighted by Crippen LogP contribution is -2.43. The van der Waals surface area contributed by atoms with Crippen LogP contribution in [0.5, 0.6) is 0 Å². The third-order valence-electron chi connectivity index (χ3n) is 5.32. The van der Waals surface area contributed by atoms with Crippen molar-refractivity contribution in [3.05, 3.63) is 83.3 Å². The predicted molar refractivity (Wildman–Crippen MR) is 115 cm³/mol. The van der Waals surface area contributed by atoms with Gasteiger partial charge in [-0.15, -0.1) is 0 Å². The van der Waals surface area contributed by atoms with Gasteiger partial charge < -0.3 is 5.32 Å². The highest BCUT2D eigenvalue weighted by atomic mass is 16.1. The van der Waals surface area contributed by atoms with Crippen LogP contribution in [0.1, 0.15) is 34.2 Å². The Morgan fingerprint density at radius 2 is 1.83 bits per heavy atom. The van der Waals surface area contributed by atoms with E-state index in [2.05, 4.69) is 51.4 Å². The molecule has 0 radical (unpaired) electrons. The molecule has 148 valence electrons. The van der Waals surface area contributed by atoms with Gasteiger partial charge in [-0.3, -0.25) is 9.69 Å². The summed E-state index contributed by atoms with van der Waals surface area (Å²) < 4.78 is 0. The number of amides is 1. The molecule has 1 aromatic heterocycles. The number of nitrogens with one attached hydrogen (secondary N) is 1. The van der Waals surface area contributed by atoms with Gasteiger partial charge in [0.2, 0.25) is 0 Å². The molecule has 1 aliphatic rings. The molecule has 0 spiro atoms. The van der Waals surface area contributed by atoms with Gasteiger partial charge in [0.15, 0.2) is 0 Å². The van der Waals surface area contributed by atoms with Crippen LogP contribution in [0.2, 0.25) is 0 Å². The Kier molecular flexibility index (Phi) is 5.67. The van der Waals surface area contributed by atoms with Gasteiger partial charge in [0.1, 0.15) is 5.82 Å². The summed E-state index contributed by atoms with van der Waals surface area (Å²) in [6.45, 7) is 6.65. The summed E-state index contributed by atoms with van der Waals surface area (Å²) in [6.07, 6.45) is 2.69. The second kappa shape index (κ2) is 8.53. The van der Waals surface area contributed by atoms with E-state index in [9.17, 15) is 4.79 Å². The van der Waals surface area contributed by atoms with Gasteiger partial charge in [-0.1, -0.05) is 54.6 Å². The quantitative estimate of drug-likeness (QED) is 0.728. The van der Waals surface area contributed by atoms with Crippen molar-refractivity contribution in [3.8, 4) is 11.3 Å². The molecule has 1 atom stereocenters. The van der Waals surface area contributed by atoms with Gasteiger partial charge in [0.25, 0.3) is 5.91 Å². The summed E-state index contributed by atoms with van der Waals surface area (Å²) in [4.78, 5) is 24.2. The van der Waals surface area contributed by atoms with Crippen LogP contribution in [0.25, 0.3) is 11.3 Å². The number of aryl methyl sites for hydroxylation is 1. The lowest BCUT2D eigenvalue weighted by molar-refractivity contribution is 0.0927. The van der Waals surface area contributed by atoms with Crippen LogP contribution < -0.4 is 5.32 Å². The molecule has 1 aliphatic heterocycles. The molecule has 0 saturated heterocycles. The van der Waals surface area contributed by atoms with Crippen molar-refractivity contribution in [3.63, 3.8) is 0 Å². The lowest BCUT2D eigenvalue weighted by Gasteiger charge is -2.31. The molecule has 5 heteroatoms. The molecule has 2 aromatic carbocycles. The Morgan fingerprint density at radius 3 is 2.62 bits per heavy atom. The van der Waals surface area contributed by atoms with Crippen molar-refractivity contribution >= 4 is 5.91 Å². The third-order valence-corrected chi connectivity index (χ3v) is 5.32. The van der Waals surface area contributed by atoms with Crippen molar-refractivity contribution in [2.45, 2.75) is 32.9 Å². The first-order valence-corrected chi connectivity index (χ1v) is 10.1. The van der Waals surface area contributed by atoms with E-state index in [0.29, 0.717) is 17.1 Å². The van der Waals surface area contributed by atoms with Crippen molar-refractivity contribution < 1.29 is 4.79 Å². The van der Waals surface area contributed by atoms with E-state index in [0.717, 1.165) is 31.6 Å². The number of rotatable bonds is 5. The van der Waals surface area contributed by atoms with Crippen LogP contribution in [0.15, 0.2) is 60.8 Å². The van der Waals surface area contributed by atoms with E-state index >= 15 is 0 Å². The first-order chi connectivity index (χ1) is 14.1. The van der Waals surface area contributed by atoms with E-state index in [-0.39, 0.29) is 11.9 Å². The van der Waals surface area contributed by atoms with Gasteiger partial charge in [-0.2, -0.15) is 0 Å².